The molecule has 0 bridgehead atoms. The van der Waals surface area contributed by atoms with Gasteiger partial charge < -0.3 is 5.32 Å². The fraction of sp³-hybridized carbons (Fsp3) is 1.00. The molecule has 1 heterocycles. The quantitative estimate of drug-likeness (QED) is 0.679. The van der Waals surface area contributed by atoms with Gasteiger partial charge in [0.25, 0.3) is 0 Å². The Bertz CT molecular complexity index is 144. The molecule has 0 radical (unpaired) electrons. The predicted octanol–water partition coefficient (Wildman–Crippen LogP) is 3.00. The number of hydrogen-bond acceptors (Lipinski definition) is 3. The molecule has 84 valence electrons. The van der Waals surface area contributed by atoms with Gasteiger partial charge in [0, 0.05) is 11.3 Å². The zero-order valence-corrected chi connectivity index (χ0v) is 11.1. The molecule has 3 heteroatoms. The van der Waals surface area contributed by atoms with Crippen LogP contribution in [0.5, 0.6) is 0 Å². The summed E-state index contributed by atoms with van der Waals surface area (Å²) in [7, 11) is 0. The third kappa shape index (κ3) is 4.94. The average Bonchev–Trinajstić information content (AvgIpc) is 2.59. The van der Waals surface area contributed by atoms with E-state index in [0.717, 1.165) is 0 Å². The molecule has 0 amide bonds. The number of nitrogens with one attached hydrogen (secondary N) is 1. The van der Waals surface area contributed by atoms with Crippen molar-refractivity contribution in [1.82, 2.24) is 5.32 Å². The van der Waals surface area contributed by atoms with Crippen molar-refractivity contribution in [3.8, 4) is 0 Å². The molecule has 0 aromatic heterocycles. The van der Waals surface area contributed by atoms with Gasteiger partial charge in [-0.1, -0.05) is 0 Å². The van der Waals surface area contributed by atoms with E-state index in [9.17, 15) is 0 Å². The number of hydrogen-bond donors (Lipinski definition) is 1. The fourth-order valence-electron chi connectivity index (χ4n) is 1.83. The smallest absolute Gasteiger partial charge is 0.0256 e. The Balaban J connectivity index is 1.92. The lowest BCUT2D eigenvalue weighted by Gasteiger charge is -2.22. The van der Waals surface area contributed by atoms with Crippen LogP contribution in [0, 0.1) is 0 Å². The van der Waals surface area contributed by atoms with E-state index in [2.05, 4.69) is 30.3 Å². The van der Waals surface area contributed by atoms with Gasteiger partial charge in [0.15, 0.2) is 0 Å². The molecule has 1 N–H and O–H groups in total. The zero-order valence-electron chi connectivity index (χ0n) is 9.47. The van der Waals surface area contributed by atoms with Gasteiger partial charge >= 0.3 is 0 Å². The lowest BCUT2D eigenvalue weighted by molar-refractivity contribution is 0.529. The second-order valence-corrected chi connectivity index (χ2v) is 6.95. The summed E-state index contributed by atoms with van der Waals surface area (Å²) in [6.07, 6.45) is 7.69. The fourth-order valence-corrected chi connectivity index (χ4v) is 3.59. The maximum atomic E-state index is 3.60. The molecule has 1 fully saturated rings. The van der Waals surface area contributed by atoms with E-state index < -0.39 is 0 Å². The Morgan fingerprint density at radius 2 is 2.29 bits per heavy atom. The van der Waals surface area contributed by atoms with Crippen LogP contribution in [0.25, 0.3) is 0 Å². The molecule has 0 aromatic carbocycles. The zero-order chi connectivity index (χ0) is 10.3. The maximum Gasteiger partial charge on any atom is 0.0256 e. The second-order valence-electron chi connectivity index (χ2n) is 4.28. The third-order valence-electron chi connectivity index (χ3n) is 2.75. The average molecular weight is 233 g/mol. The van der Waals surface area contributed by atoms with E-state index in [1.165, 1.54) is 50.3 Å². The van der Waals surface area contributed by atoms with Crippen molar-refractivity contribution in [3.63, 3.8) is 0 Å². The molecule has 1 saturated heterocycles. The van der Waals surface area contributed by atoms with Crippen molar-refractivity contribution in [2.24, 2.45) is 0 Å². The summed E-state index contributed by atoms with van der Waals surface area (Å²) >= 11 is 4.10. The van der Waals surface area contributed by atoms with Crippen LogP contribution < -0.4 is 5.32 Å². The maximum absolute atomic E-state index is 3.60. The van der Waals surface area contributed by atoms with Gasteiger partial charge in [0.2, 0.25) is 0 Å². The van der Waals surface area contributed by atoms with Crippen molar-refractivity contribution in [3.05, 3.63) is 0 Å². The number of unbranched alkanes of at least 4 members (excludes halogenated alkanes) is 1. The first-order valence-electron chi connectivity index (χ1n) is 5.60. The third-order valence-corrected chi connectivity index (χ3v) is 4.99. The van der Waals surface area contributed by atoms with Gasteiger partial charge in [-0.2, -0.15) is 23.5 Å². The molecule has 1 aliphatic heterocycles. The van der Waals surface area contributed by atoms with Crippen LogP contribution in [0.15, 0.2) is 0 Å². The Morgan fingerprint density at radius 1 is 1.43 bits per heavy atom. The van der Waals surface area contributed by atoms with E-state index in [1.54, 1.807) is 0 Å². The summed E-state index contributed by atoms with van der Waals surface area (Å²) in [6, 6.07) is 0. The molecule has 1 aliphatic rings. The van der Waals surface area contributed by atoms with E-state index in [-0.39, 0.29) is 0 Å². The molecule has 14 heavy (non-hydrogen) atoms. The summed E-state index contributed by atoms with van der Waals surface area (Å²) in [4.78, 5) is 0. The molecule has 1 atom stereocenters. The normalized spacial score (nSPS) is 27.0. The van der Waals surface area contributed by atoms with Crippen molar-refractivity contribution in [2.45, 2.75) is 37.4 Å². The lowest BCUT2D eigenvalue weighted by atomic mass is 10.1. The monoisotopic (exact) mass is 233 g/mol. The topological polar surface area (TPSA) is 12.0 Å². The second kappa shape index (κ2) is 7.02. The minimum atomic E-state index is 0.541. The molecule has 0 aromatic rings. The molecule has 1 rings (SSSR count). The minimum absolute atomic E-state index is 0.541. The molecule has 0 saturated carbocycles. The van der Waals surface area contributed by atoms with Crippen molar-refractivity contribution in [2.75, 3.05) is 30.9 Å². The Kier molecular flexibility index (Phi) is 6.38. The molecule has 1 nitrogen and oxygen atoms in total. The van der Waals surface area contributed by atoms with Crippen LogP contribution in [0.1, 0.15) is 32.6 Å². The molecular weight excluding hydrogens is 210 g/mol. The summed E-state index contributed by atoms with van der Waals surface area (Å²) in [6.45, 7) is 4.81. The van der Waals surface area contributed by atoms with Gasteiger partial charge in [-0.25, -0.2) is 0 Å². The summed E-state index contributed by atoms with van der Waals surface area (Å²) in [5, 5.41) is 3.60. The minimum Gasteiger partial charge on any atom is -0.315 e. The van der Waals surface area contributed by atoms with Crippen LogP contribution in [0.4, 0.5) is 0 Å². The first-order chi connectivity index (χ1) is 6.77. The summed E-state index contributed by atoms with van der Waals surface area (Å²) in [5.74, 6) is 2.68. The van der Waals surface area contributed by atoms with Crippen molar-refractivity contribution >= 4 is 23.5 Å². The van der Waals surface area contributed by atoms with Gasteiger partial charge in [-0.05, 0) is 56.9 Å². The first-order valence-corrected chi connectivity index (χ1v) is 7.98. The predicted molar refractivity (Wildman–Crippen MR) is 70.6 cm³/mol. The number of thioether (sulfide) groups is 2. The van der Waals surface area contributed by atoms with E-state index in [0.29, 0.717) is 4.75 Å². The van der Waals surface area contributed by atoms with E-state index in [1.807, 2.05) is 11.8 Å². The Labute approximate surface area is 97.2 Å². The molecular formula is C11H23NS2. The SMILES string of the molecule is CSCCCCNCC1(C)CCCS1. The van der Waals surface area contributed by atoms with Crippen LogP contribution >= 0.6 is 23.5 Å². The largest absolute Gasteiger partial charge is 0.315 e. The highest BCUT2D eigenvalue weighted by Gasteiger charge is 2.28. The Morgan fingerprint density at radius 3 is 2.93 bits per heavy atom. The lowest BCUT2D eigenvalue weighted by Crippen LogP contribution is -2.33. The first kappa shape index (κ1) is 12.7. The summed E-state index contributed by atoms with van der Waals surface area (Å²) < 4.78 is 0.541. The van der Waals surface area contributed by atoms with Gasteiger partial charge in [0.1, 0.15) is 0 Å². The van der Waals surface area contributed by atoms with Crippen LogP contribution in [0.2, 0.25) is 0 Å². The molecule has 0 aliphatic carbocycles. The highest BCUT2D eigenvalue weighted by atomic mass is 32.2. The van der Waals surface area contributed by atoms with Crippen LogP contribution in [0.3, 0.4) is 0 Å². The van der Waals surface area contributed by atoms with E-state index >= 15 is 0 Å². The van der Waals surface area contributed by atoms with Crippen LogP contribution in [-0.2, 0) is 0 Å². The standard InChI is InChI=1S/C11H23NS2/c1-11(6-5-9-14-11)10-12-7-3-4-8-13-2/h12H,3-10H2,1-2H3. The highest BCUT2D eigenvalue weighted by molar-refractivity contribution is 8.00. The molecule has 1 unspecified atom stereocenters. The van der Waals surface area contributed by atoms with Gasteiger partial charge in [-0.3, -0.25) is 0 Å². The highest BCUT2D eigenvalue weighted by Crippen LogP contribution is 2.36. The van der Waals surface area contributed by atoms with Gasteiger partial charge in [0.05, 0.1) is 0 Å². The number of rotatable bonds is 7. The summed E-state index contributed by atoms with van der Waals surface area (Å²) in [5.41, 5.74) is 0. The van der Waals surface area contributed by atoms with Crippen LogP contribution in [-0.4, -0.2) is 35.6 Å². The molecule has 0 spiro atoms. The van der Waals surface area contributed by atoms with Crippen molar-refractivity contribution < 1.29 is 0 Å². The van der Waals surface area contributed by atoms with Gasteiger partial charge in [-0.15, -0.1) is 0 Å². The Hall–Kier alpha value is 0.660. The van der Waals surface area contributed by atoms with Crippen molar-refractivity contribution in [1.29, 1.82) is 0 Å². The van der Waals surface area contributed by atoms with E-state index in [4.69, 9.17) is 0 Å².